The average molecular weight is 936 g/mol. The third-order valence-electron chi connectivity index (χ3n) is 6.77. The number of hydrogen-bond acceptors (Lipinski definition) is 6. The number of halogens is 8. The molecule has 0 bridgehead atoms. The van der Waals surface area contributed by atoms with Gasteiger partial charge in [0.25, 0.3) is 0 Å². The second-order valence-electron chi connectivity index (χ2n) is 11.5. The van der Waals surface area contributed by atoms with Gasteiger partial charge in [-0.1, -0.05) is 115 Å². The maximum Gasteiger partial charge on any atom is 0.480 e. The Hall–Kier alpha value is -1.46. The van der Waals surface area contributed by atoms with Crippen molar-refractivity contribution in [2.75, 3.05) is 9.80 Å². The summed E-state index contributed by atoms with van der Waals surface area (Å²) in [5, 5.41) is 1.09. The van der Waals surface area contributed by atoms with Crippen LogP contribution in [0.1, 0.15) is 101 Å². The van der Waals surface area contributed by atoms with E-state index in [4.69, 9.17) is 23.2 Å². The quantitative estimate of drug-likeness (QED) is 0.113. The van der Waals surface area contributed by atoms with Crippen molar-refractivity contribution < 1.29 is 65.6 Å². The zero-order valence-electron chi connectivity index (χ0n) is 26.5. The van der Waals surface area contributed by atoms with E-state index in [0.29, 0.717) is 34.0 Å². The van der Waals surface area contributed by atoms with E-state index in [-0.39, 0.29) is 22.4 Å². The Kier molecular flexibility index (Phi) is 14.9. The van der Waals surface area contributed by atoms with Crippen molar-refractivity contribution in [3.63, 3.8) is 0 Å². The van der Waals surface area contributed by atoms with E-state index in [2.05, 4.69) is 108 Å². The van der Waals surface area contributed by atoms with Crippen molar-refractivity contribution in [1.82, 2.24) is 0 Å². The van der Waals surface area contributed by atoms with E-state index in [1.807, 2.05) is 0 Å². The summed E-state index contributed by atoms with van der Waals surface area (Å²) in [5.41, 5.74) is -5.03. The molecule has 1 radical (unpaired) electrons. The molecule has 7 nitrogen and oxygen atoms in total. The number of alkyl halides is 6. The van der Waals surface area contributed by atoms with Crippen molar-refractivity contribution >= 4 is 54.6 Å². The Morgan fingerprint density at radius 2 is 0.830 bits per heavy atom. The molecule has 0 unspecified atom stereocenters. The van der Waals surface area contributed by atoms with E-state index >= 15 is 0 Å². The van der Waals surface area contributed by atoms with E-state index in [9.17, 15) is 43.2 Å². The monoisotopic (exact) mass is 934 g/mol. The molecule has 0 aromatic heterocycles. The standard InChI is InChI=1S/C27H35Cl2N2.C2F6NO4S2.Au/c1-16(2)20-11-9-12-21(17(3)4)24(20)30-15-31(27(29)26(30)28)25-22(18(5)6)13-10-14-23(25)19(7)8;3-1(4,5)14(10,11)9-15(12,13)2(6,7)8;/h9-19H,1-8H3;;/q2*-1;. The van der Waals surface area contributed by atoms with Crippen LogP contribution < -0.4 is 9.80 Å². The van der Waals surface area contributed by atoms with Crippen molar-refractivity contribution in [2.45, 2.75) is 90.1 Å². The fourth-order valence-corrected chi connectivity index (χ4v) is 6.67. The van der Waals surface area contributed by atoms with Gasteiger partial charge in [0.15, 0.2) is 20.0 Å². The molecule has 2 aromatic carbocycles. The number of benzene rings is 2. The molecule has 0 fully saturated rings. The summed E-state index contributed by atoms with van der Waals surface area (Å²) >= 11 is 13.9. The maximum atomic E-state index is 11.4. The molecule has 0 atom stereocenters. The fraction of sp³-hybridized carbons (Fsp3) is 0.483. The number of nitrogens with zero attached hydrogens (tertiary/aromatic N) is 3. The summed E-state index contributed by atoms with van der Waals surface area (Å²) in [7, 11) is -13.4. The molecular formula is C29H35AuCl2F6N3O4S2-2. The Balaban J connectivity index is 0.000000587. The van der Waals surface area contributed by atoms with Crippen LogP contribution in [0.25, 0.3) is 4.13 Å². The molecule has 18 heteroatoms. The predicted octanol–water partition coefficient (Wildman–Crippen LogP) is 10.3. The molecule has 0 spiro atoms. The largest absolute Gasteiger partial charge is 0.480 e. The van der Waals surface area contributed by atoms with Gasteiger partial charge in [-0.25, -0.2) is 16.8 Å². The maximum absolute atomic E-state index is 11.4. The minimum Gasteiger partial charge on any atom is -0.463 e. The molecule has 0 amide bonds. The van der Waals surface area contributed by atoms with Crippen molar-refractivity contribution in [3.05, 3.63) is 79.8 Å². The number of hydrogen-bond donors (Lipinski definition) is 0. The number of rotatable bonds is 8. The Labute approximate surface area is 298 Å². The van der Waals surface area contributed by atoms with E-state index in [0.717, 1.165) is 15.5 Å². The van der Waals surface area contributed by atoms with E-state index in [1.165, 1.54) is 22.3 Å². The zero-order chi connectivity index (χ0) is 35.7. The van der Waals surface area contributed by atoms with E-state index < -0.39 is 31.1 Å². The molecule has 47 heavy (non-hydrogen) atoms. The van der Waals surface area contributed by atoms with Crippen LogP contribution in [0, 0.1) is 6.67 Å². The topological polar surface area (TPSA) is 88.9 Å². The van der Waals surface area contributed by atoms with Gasteiger partial charge < -0.3 is 13.9 Å². The Morgan fingerprint density at radius 3 is 1.02 bits per heavy atom. The summed E-state index contributed by atoms with van der Waals surface area (Å²) in [6, 6.07) is 13.1. The first-order chi connectivity index (χ1) is 20.8. The number of para-hydroxylation sites is 2. The number of anilines is 2. The molecule has 1 aliphatic rings. The predicted molar refractivity (Wildman–Crippen MR) is 171 cm³/mol. The van der Waals surface area contributed by atoms with Crippen LogP contribution in [0.2, 0.25) is 0 Å². The fourth-order valence-electron chi connectivity index (χ4n) is 4.52. The summed E-state index contributed by atoms with van der Waals surface area (Å²) < 4.78 is 109. The van der Waals surface area contributed by atoms with Gasteiger partial charge in [-0.3, -0.25) is 0 Å². The average Bonchev–Trinajstić information content (AvgIpc) is 3.19. The molecular weight excluding hydrogens is 900 g/mol. The van der Waals surface area contributed by atoms with Gasteiger partial charge in [-0.05, 0) is 45.9 Å². The van der Waals surface area contributed by atoms with Crippen LogP contribution in [0.15, 0.2) is 46.7 Å². The van der Waals surface area contributed by atoms with Crippen LogP contribution >= 0.6 is 23.2 Å². The Bertz CT molecular complexity index is 1490. The second kappa shape index (κ2) is 16.0. The SMILES string of the molecule is CC(C)c1cccc(C(C)C)c1N1[CH-]N(c2c(C(C)C)cccc2C(C)C)C(Cl)=C1Cl.O=S(=O)([N-]S(=O)(=O)C(F)(F)F)C(F)(F)F.[Au]. The molecule has 0 saturated carbocycles. The van der Waals surface area contributed by atoms with Gasteiger partial charge >= 0.3 is 11.0 Å². The van der Waals surface area contributed by atoms with Gasteiger partial charge in [-0.15, -0.1) is 6.67 Å². The molecule has 271 valence electrons. The normalized spacial score (nSPS) is 14.7. The molecule has 3 rings (SSSR count). The molecule has 1 heterocycles. The van der Waals surface area contributed by atoms with Crippen LogP contribution in [0.4, 0.5) is 37.7 Å². The van der Waals surface area contributed by atoms with Gasteiger partial charge in [0.05, 0.1) is 0 Å². The molecule has 0 N–H and O–H groups in total. The zero-order valence-corrected chi connectivity index (χ0v) is 31.8. The first kappa shape index (κ1) is 43.6. The third kappa shape index (κ3) is 9.83. The van der Waals surface area contributed by atoms with Crippen molar-refractivity contribution in [2.24, 2.45) is 0 Å². The van der Waals surface area contributed by atoms with Gasteiger partial charge in [0.1, 0.15) is 10.3 Å². The van der Waals surface area contributed by atoms with E-state index in [1.54, 1.807) is 0 Å². The van der Waals surface area contributed by atoms with Crippen molar-refractivity contribution in [1.29, 1.82) is 0 Å². The minimum absolute atomic E-state index is 0. The summed E-state index contributed by atoms with van der Waals surface area (Å²) in [6.45, 7) is 19.9. The Morgan fingerprint density at radius 1 is 0.596 bits per heavy atom. The molecule has 1 aliphatic heterocycles. The molecule has 0 aliphatic carbocycles. The summed E-state index contributed by atoms with van der Waals surface area (Å²) in [6.07, 6.45) is 0. The summed E-state index contributed by atoms with van der Waals surface area (Å²) in [4.78, 5) is 4.16. The van der Waals surface area contributed by atoms with Gasteiger partial charge in [-0.2, -0.15) is 26.3 Å². The molecule has 2 aromatic rings. The van der Waals surface area contributed by atoms with Gasteiger partial charge in [0.2, 0.25) is 0 Å². The molecule has 0 saturated heterocycles. The van der Waals surface area contributed by atoms with Gasteiger partial charge in [0, 0.05) is 33.8 Å². The third-order valence-corrected chi connectivity index (χ3v) is 10.3. The van der Waals surface area contributed by atoms with Crippen LogP contribution in [0.5, 0.6) is 0 Å². The minimum atomic E-state index is -6.72. The second-order valence-corrected chi connectivity index (χ2v) is 15.7. The van der Waals surface area contributed by atoms with Crippen molar-refractivity contribution in [3.8, 4) is 0 Å². The van der Waals surface area contributed by atoms with Crippen LogP contribution in [-0.4, -0.2) is 27.9 Å². The number of sulfonamides is 2. The summed E-state index contributed by atoms with van der Waals surface area (Å²) in [5.74, 6) is 1.48. The smallest absolute Gasteiger partial charge is 0.463 e. The van der Waals surface area contributed by atoms with Crippen LogP contribution in [0.3, 0.4) is 0 Å². The first-order valence-corrected chi connectivity index (χ1v) is 17.5. The van der Waals surface area contributed by atoms with Crippen LogP contribution in [-0.2, 0) is 42.4 Å². The first-order valence-electron chi connectivity index (χ1n) is 13.9.